The molecule has 3 heteroatoms. The van der Waals surface area contributed by atoms with Crippen molar-refractivity contribution >= 4 is 0 Å². The van der Waals surface area contributed by atoms with Gasteiger partial charge in [0.25, 0.3) is 0 Å². The van der Waals surface area contributed by atoms with Crippen molar-refractivity contribution in [2.75, 3.05) is 6.54 Å². The van der Waals surface area contributed by atoms with E-state index in [0.717, 1.165) is 13.0 Å². The molecule has 1 aliphatic rings. The van der Waals surface area contributed by atoms with Gasteiger partial charge in [-0.2, -0.15) is 5.10 Å². The molecule has 1 aromatic heterocycles. The molecule has 0 radical (unpaired) electrons. The summed E-state index contributed by atoms with van der Waals surface area (Å²) in [6.45, 7) is 5.62. The Morgan fingerprint density at radius 2 is 2.05 bits per heavy atom. The summed E-state index contributed by atoms with van der Waals surface area (Å²) < 4.78 is 0. The molecule has 0 amide bonds. The molecule has 2 N–H and O–H groups in total. The van der Waals surface area contributed by atoms with Gasteiger partial charge in [-0.1, -0.05) is 38.1 Å². The maximum atomic E-state index is 4.25. The first-order valence-electron chi connectivity index (χ1n) is 7.60. The van der Waals surface area contributed by atoms with Crippen LogP contribution in [0.3, 0.4) is 0 Å². The zero-order valence-corrected chi connectivity index (χ0v) is 12.3. The minimum atomic E-state index is 0.433. The fourth-order valence-electron chi connectivity index (χ4n) is 3.01. The summed E-state index contributed by atoms with van der Waals surface area (Å²) in [4.78, 5) is 0. The number of benzene rings is 1. The van der Waals surface area contributed by atoms with Crippen LogP contribution >= 0.6 is 0 Å². The van der Waals surface area contributed by atoms with Crippen molar-refractivity contribution in [3.63, 3.8) is 0 Å². The molecule has 3 rings (SSSR count). The van der Waals surface area contributed by atoms with E-state index in [1.807, 2.05) is 6.20 Å². The van der Waals surface area contributed by atoms with Gasteiger partial charge in [-0.3, -0.25) is 5.10 Å². The maximum absolute atomic E-state index is 4.25. The topological polar surface area (TPSA) is 40.7 Å². The third kappa shape index (κ3) is 2.78. The van der Waals surface area contributed by atoms with E-state index in [4.69, 9.17) is 0 Å². The van der Waals surface area contributed by atoms with Crippen LogP contribution in [0, 0.1) is 5.92 Å². The third-order valence-electron chi connectivity index (χ3n) is 3.99. The lowest BCUT2D eigenvalue weighted by Gasteiger charge is -2.11. The van der Waals surface area contributed by atoms with Crippen LogP contribution in [0.2, 0.25) is 0 Å². The van der Waals surface area contributed by atoms with E-state index in [9.17, 15) is 0 Å². The quantitative estimate of drug-likeness (QED) is 0.888. The monoisotopic (exact) mass is 269 g/mol. The van der Waals surface area contributed by atoms with E-state index in [1.54, 1.807) is 0 Å². The molecule has 1 aliphatic heterocycles. The predicted octanol–water partition coefficient (Wildman–Crippen LogP) is 3.70. The van der Waals surface area contributed by atoms with Gasteiger partial charge in [0.2, 0.25) is 0 Å². The van der Waals surface area contributed by atoms with E-state index < -0.39 is 0 Å². The molecule has 1 atom stereocenters. The van der Waals surface area contributed by atoms with Gasteiger partial charge in [0.15, 0.2) is 0 Å². The second kappa shape index (κ2) is 5.80. The summed E-state index contributed by atoms with van der Waals surface area (Å²) in [6.07, 6.45) is 5.53. The summed E-state index contributed by atoms with van der Waals surface area (Å²) >= 11 is 0. The highest BCUT2D eigenvalue weighted by molar-refractivity contribution is 5.66. The lowest BCUT2D eigenvalue weighted by molar-refractivity contribution is 0.626. The van der Waals surface area contributed by atoms with E-state index in [-0.39, 0.29) is 0 Å². The first-order chi connectivity index (χ1) is 9.74. The molecule has 2 aromatic rings. The van der Waals surface area contributed by atoms with E-state index in [2.05, 4.69) is 53.6 Å². The summed E-state index contributed by atoms with van der Waals surface area (Å²) in [5.74, 6) is 0.702. The van der Waals surface area contributed by atoms with Crippen LogP contribution in [0.15, 0.2) is 30.5 Å². The number of aromatic amines is 1. The number of nitrogens with zero attached hydrogens (tertiary/aromatic N) is 1. The van der Waals surface area contributed by atoms with Gasteiger partial charge in [-0.25, -0.2) is 0 Å². The summed E-state index contributed by atoms with van der Waals surface area (Å²) in [6, 6.07) is 9.37. The van der Waals surface area contributed by atoms with E-state index >= 15 is 0 Å². The zero-order chi connectivity index (χ0) is 13.9. The minimum Gasteiger partial charge on any atom is -0.309 e. The Balaban J connectivity index is 1.84. The van der Waals surface area contributed by atoms with Gasteiger partial charge >= 0.3 is 0 Å². The number of hydrogen-bond acceptors (Lipinski definition) is 2. The maximum Gasteiger partial charge on any atom is 0.0599 e. The third-order valence-corrected chi connectivity index (χ3v) is 3.99. The standard InChI is InChI=1S/C17H23N3/c1-12(2)10-13-5-7-14(8-6-13)15-11-19-20-17(15)16-4-3-9-18-16/h5-8,11-12,16,18H,3-4,9-10H2,1-2H3,(H,19,20). The fourth-order valence-corrected chi connectivity index (χ4v) is 3.01. The Hall–Kier alpha value is -1.61. The van der Waals surface area contributed by atoms with Crippen molar-refractivity contribution in [2.24, 2.45) is 5.92 Å². The van der Waals surface area contributed by atoms with Crippen LogP contribution in [0.1, 0.15) is 44.0 Å². The smallest absolute Gasteiger partial charge is 0.0599 e. The molecule has 106 valence electrons. The molecule has 0 bridgehead atoms. The molecule has 1 aromatic carbocycles. The highest BCUT2D eigenvalue weighted by atomic mass is 15.1. The van der Waals surface area contributed by atoms with Crippen molar-refractivity contribution in [1.82, 2.24) is 15.5 Å². The lowest BCUT2D eigenvalue weighted by Crippen LogP contribution is -2.14. The van der Waals surface area contributed by atoms with Crippen molar-refractivity contribution in [1.29, 1.82) is 0 Å². The largest absolute Gasteiger partial charge is 0.309 e. The molecule has 1 saturated heterocycles. The van der Waals surface area contributed by atoms with Crippen LogP contribution in [0.4, 0.5) is 0 Å². The highest BCUT2D eigenvalue weighted by Gasteiger charge is 2.21. The van der Waals surface area contributed by atoms with E-state index in [0.29, 0.717) is 12.0 Å². The number of nitrogens with one attached hydrogen (secondary N) is 2. The zero-order valence-electron chi connectivity index (χ0n) is 12.3. The SMILES string of the molecule is CC(C)Cc1ccc(-c2cn[nH]c2C2CCCN2)cc1. The Morgan fingerprint density at radius 1 is 1.25 bits per heavy atom. The van der Waals surface area contributed by atoms with Gasteiger partial charge in [0, 0.05) is 11.6 Å². The Bertz CT molecular complexity index is 548. The summed E-state index contributed by atoms with van der Waals surface area (Å²) in [5, 5.41) is 11.0. The van der Waals surface area contributed by atoms with Gasteiger partial charge in [0.05, 0.1) is 11.9 Å². The molecule has 20 heavy (non-hydrogen) atoms. The first kappa shape index (κ1) is 13.4. The van der Waals surface area contributed by atoms with Crippen molar-refractivity contribution in [3.05, 3.63) is 41.7 Å². The molecule has 0 aliphatic carbocycles. The van der Waals surface area contributed by atoms with Crippen molar-refractivity contribution < 1.29 is 0 Å². The normalized spacial score (nSPS) is 18.9. The van der Waals surface area contributed by atoms with E-state index in [1.165, 1.54) is 35.2 Å². The van der Waals surface area contributed by atoms with Crippen molar-refractivity contribution in [2.45, 2.75) is 39.2 Å². The predicted molar refractivity (Wildman–Crippen MR) is 82.5 cm³/mol. The van der Waals surface area contributed by atoms with Crippen LogP contribution < -0.4 is 5.32 Å². The average molecular weight is 269 g/mol. The molecule has 2 heterocycles. The number of hydrogen-bond donors (Lipinski definition) is 2. The molecule has 1 unspecified atom stereocenters. The molecular weight excluding hydrogens is 246 g/mol. The molecule has 0 spiro atoms. The van der Waals surface area contributed by atoms with Gasteiger partial charge in [0.1, 0.15) is 0 Å². The Morgan fingerprint density at radius 3 is 2.70 bits per heavy atom. The minimum absolute atomic E-state index is 0.433. The number of aromatic nitrogens is 2. The summed E-state index contributed by atoms with van der Waals surface area (Å²) in [7, 11) is 0. The molecule has 3 nitrogen and oxygen atoms in total. The van der Waals surface area contributed by atoms with Crippen LogP contribution in [0.25, 0.3) is 11.1 Å². The van der Waals surface area contributed by atoms with Crippen LogP contribution in [-0.2, 0) is 6.42 Å². The van der Waals surface area contributed by atoms with Gasteiger partial charge in [-0.05, 0) is 42.9 Å². The lowest BCUT2D eigenvalue weighted by atomic mass is 9.97. The second-order valence-electron chi connectivity index (χ2n) is 6.14. The summed E-state index contributed by atoms with van der Waals surface area (Å²) in [5.41, 5.74) is 5.14. The van der Waals surface area contributed by atoms with Crippen LogP contribution in [-0.4, -0.2) is 16.7 Å². The highest BCUT2D eigenvalue weighted by Crippen LogP contribution is 2.31. The molecule has 1 fully saturated rings. The molecular formula is C17H23N3. The fraction of sp³-hybridized carbons (Fsp3) is 0.471. The average Bonchev–Trinajstić information content (AvgIpc) is 3.09. The van der Waals surface area contributed by atoms with Gasteiger partial charge in [-0.15, -0.1) is 0 Å². The second-order valence-corrected chi connectivity index (χ2v) is 6.14. The Labute approximate surface area is 120 Å². The number of H-pyrrole nitrogens is 1. The van der Waals surface area contributed by atoms with Crippen molar-refractivity contribution in [3.8, 4) is 11.1 Å². The number of rotatable bonds is 4. The van der Waals surface area contributed by atoms with Gasteiger partial charge < -0.3 is 5.32 Å². The first-order valence-corrected chi connectivity index (χ1v) is 7.60. The van der Waals surface area contributed by atoms with Crippen LogP contribution in [0.5, 0.6) is 0 Å². The molecule has 0 saturated carbocycles. The Kier molecular flexibility index (Phi) is 3.88.